The number of benzene rings is 1. The van der Waals surface area contributed by atoms with Crippen molar-refractivity contribution in [1.29, 1.82) is 0 Å². The van der Waals surface area contributed by atoms with Crippen molar-refractivity contribution in [2.24, 2.45) is 5.92 Å². The van der Waals surface area contributed by atoms with Gasteiger partial charge in [0.05, 0.1) is 10.7 Å². The van der Waals surface area contributed by atoms with Gasteiger partial charge in [0.2, 0.25) is 15.9 Å². The van der Waals surface area contributed by atoms with Crippen molar-refractivity contribution in [3.8, 4) is 0 Å². The number of amides is 1. The van der Waals surface area contributed by atoms with Crippen molar-refractivity contribution >= 4 is 33.2 Å². The van der Waals surface area contributed by atoms with Crippen LogP contribution in [-0.4, -0.2) is 31.7 Å². The fraction of sp³-hybridized carbons (Fsp3) is 0.500. The van der Waals surface area contributed by atoms with E-state index in [1.165, 1.54) is 11.2 Å². The molecule has 0 atom stereocenters. The lowest BCUT2D eigenvalue weighted by atomic mass is 10.0. The van der Waals surface area contributed by atoms with E-state index in [2.05, 4.69) is 12.2 Å². The zero-order valence-electron chi connectivity index (χ0n) is 12.4. The zero-order valence-corrected chi connectivity index (χ0v) is 14.0. The first kappa shape index (κ1) is 17.2. The summed E-state index contributed by atoms with van der Waals surface area (Å²) in [7, 11) is -3.92. The summed E-state index contributed by atoms with van der Waals surface area (Å²) >= 11 is 5.95. The van der Waals surface area contributed by atoms with E-state index in [1.54, 1.807) is 0 Å². The monoisotopic (exact) mass is 348 g/mol. The van der Waals surface area contributed by atoms with E-state index >= 15 is 0 Å². The summed E-state index contributed by atoms with van der Waals surface area (Å²) in [5, 5.41) is 2.35. The van der Waals surface area contributed by atoms with Gasteiger partial charge in [-0.25, -0.2) is 12.8 Å². The summed E-state index contributed by atoms with van der Waals surface area (Å²) < 4.78 is 40.6. The van der Waals surface area contributed by atoms with Crippen LogP contribution in [0.5, 0.6) is 0 Å². The molecule has 1 aromatic rings. The molecule has 122 valence electrons. The quantitative estimate of drug-likeness (QED) is 0.913. The largest absolute Gasteiger partial charge is 0.325 e. The Labute approximate surface area is 134 Å². The van der Waals surface area contributed by atoms with Crippen LogP contribution in [0.1, 0.15) is 26.7 Å². The number of piperidine rings is 1. The molecule has 1 saturated heterocycles. The third kappa shape index (κ3) is 3.59. The zero-order chi connectivity index (χ0) is 16.5. The molecular formula is C14H18ClFN2O3S. The van der Waals surface area contributed by atoms with Gasteiger partial charge in [0, 0.05) is 26.1 Å². The number of anilines is 1. The Balaban J connectivity index is 2.35. The summed E-state index contributed by atoms with van der Waals surface area (Å²) in [4.78, 5) is 10.6. The summed E-state index contributed by atoms with van der Waals surface area (Å²) in [5.74, 6) is -0.879. The molecule has 1 aliphatic rings. The minimum atomic E-state index is -3.92. The number of nitrogens with one attached hydrogen (secondary N) is 1. The molecular weight excluding hydrogens is 331 g/mol. The normalized spacial score (nSPS) is 17.5. The van der Waals surface area contributed by atoms with E-state index in [-0.39, 0.29) is 10.7 Å². The van der Waals surface area contributed by atoms with Crippen LogP contribution >= 0.6 is 11.6 Å². The van der Waals surface area contributed by atoms with Crippen LogP contribution in [0.2, 0.25) is 5.02 Å². The van der Waals surface area contributed by atoms with Gasteiger partial charge in [0.1, 0.15) is 10.7 Å². The molecule has 0 unspecified atom stereocenters. The van der Waals surface area contributed by atoms with Crippen molar-refractivity contribution in [1.82, 2.24) is 4.31 Å². The summed E-state index contributed by atoms with van der Waals surface area (Å²) in [5.41, 5.74) is 0.0536. The number of hydrogen-bond acceptors (Lipinski definition) is 3. The third-order valence-corrected chi connectivity index (χ3v) is 5.92. The number of halogens is 2. The van der Waals surface area contributed by atoms with Crippen LogP contribution < -0.4 is 5.32 Å². The van der Waals surface area contributed by atoms with Gasteiger partial charge in [-0.1, -0.05) is 18.5 Å². The Bertz CT molecular complexity index is 686. The molecule has 0 saturated carbocycles. The predicted octanol–water partition coefficient (Wildman–Crippen LogP) is 2.86. The number of sulfonamides is 1. The van der Waals surface area contributed by atoms with E-state index in [4.69, 9.17) is 11.6 Å². The lowest BCUT2D eigenvalue weighted by molar-refractivity contribution is -0.114. The number of hydrogen-bond donors (Lipinski definition) is 1. The maximum atomic E-state index is 14.2. The highest BCUT2D eigenvalue weighted by molar-refractivity contribution is 7.89. The van der Waals surface area contributed by atoms with E-state index in [1.807, 2.05) is 0 Å². The minimum Gasteiger partial charge on any atom is -0.325 e. The van der Waals surface area contributed by atoms with E-state index in [0.717, 1.165) is 25.0 Å². The Morgan fingerprint density at radius 3 is 2.50 bits per heavy atom. The Kier molecular flexibility index (Phi) is 5.09. The highest BCUT2D eigenvalue weighted by Gasteiger charge is 2.31. The molecule has 0 radical (unpaired) electrons. The molecule has 0 bridgehead atoms. The predicted molar refractivity (Wildman–Crippen MR) is 82.9 cm³/mol. The molecule has 1 amide bonds. The standard InChI is InChI=1S/C14H18ClFN2O3S/c1-9-3-5-18(6-4-9)22(20,21)14-7-11(15)13(8-12(14)16)17-10(2)19/h7-9H,3-6H2,1-2H3,(H,17,19). The van der Waals surface area contributed by atoms with Crippen molar-refractivity contribution in [3.05, 3.63) is 23.0 Å². The number of carbonyl (C=O) groups is 1. The highest BCUT2D eigenvalue weighted by atomic mass is 35.5. The average Bonchev–Trinajstić information content (AvgIpc) is 2.42. The topological polar surface area (TPSA) is 66.5 Å². The van der Waals surface area contributed by atoms with E-state index in [9.17, 15) is 17.6 Å². The van der Waals surface area contributed by atoms with Gasteiger partial charge in [0.15, 0.2) is 0 Å². The highest BCUT2D eigenvalue weighted by Crippen LogP contribution is 2.31. The second-order valence-electron chi connectivity index (χ2n) is 5.53. The van der Waals surface area contributed by atoms with E-state index in [0.29, 0.717) is 19.0 Å². The van der Waals surface area contributed by atoms with Gasteiger partial charge in [-0.15, -0.1) is 0 Å². The van der Waals surface area contributed by atoms with Gasteiger partial charge in [-0.3, -0.25) is 4.79 Å². The molecule has 5 nitrogen and oxygen atoms in total. The molecule has 1 N–H and O–H groups in total. The molecule has 0 aliphatic carbocycles. The smallest absolute Gasteiger partial charge is 0.246 e. The molecule has 0 aromatic heterocycles. The SMILES string of the molecule is CC(=O)Nc1cc(F)c(S(=O)(=O)N2CCC(C)CC2)cc1Cl. The molecule has 2 rings (SSSR count). The number of carbonyl (C=O) groups excluding carboxylic acids is 1. The summed E-state index contributed by atoms with van der Waals surface area (Å²) in [6.07, 6.45) is 1.50. The Hall–Kier alpha value is -1.18. The van der Waals surface area contributed by atoms with Gasteiger partial charge in [-0.05, 0) is 24.8 Å². The Morgan fingerprint density at radius 1 is 1.36 bits per heavy atom. The van der Waals surface area contributed by atoms with Crippen LogP contribution in [-0.2, 0) is 14.8 Å². The third-order valence-electron chi connectivity index (χ3n) is 3.69. The maximum absolute atomic E-state index is 14.2. The second kappa shape index (κ2) is 6.52. The van der Waals surface area contributed by atoms with Crippen LogP contribution in [0.4, 0.5) is 10.1 Å². The molecule has 1 fully saturated rings. The van der Waals surface area contributed by atoms with Gasteiger partial charge >= 0.3 is 0 Å². The average molecular weight is 349 g/mol. The number of rotatable bonds is 3. The molecule has 0 spiro atoms. The fourth-order valence-corrected chi connectivity index (χ4v) is 4.19. The Morgan fingerprint density at radius 2 is 1.95 bits per heavy atom. The first-order valence-electron chi connectivity index (χ1n) is 6.98. The first-order chi connectivity index (χ1) is 10.2. The summed E-state index contributed by atoms with van der Waals surface area (Å²) in [6.45, 7) is 4.05. The second-order valence-corrected chi connectivity index (χ2v) is 7.84. The molecule has 22 heavy (non-hydrogen) atoms. The van der Waals surface area contributed by atoms with Crippen molar-refractivity contribution in [2.45, 2.75) is 31.6 Å². The molecule has 1 heterocycles. The first-order valence-corrected chi connectivity index (χ1v) is 8.80. The van der Waals surface area contributed by atoms with Crippen LogP contribution in [0.3, 0.4) is 0 Å². The lowest BCUT2D eigenvalue weighted by Crippen LogP contribution is -2.38. The molecule has 8 heteroatoms. The number of nitrogens with zero attached hydrogens (tertiary/aromatic N) is 1. The maximum Gasteiger partial charge on any atom is 0.246 e. The molecule has 1 aromatic carbocycles. The van der Waals surface area contributed by atoms with Gasteiger partial charge in [0.25, 0.3) is 0 Å². The lowest BCUT2D eigenvalue weighted by Gasteiger charge is -2.29. The van der Waals surface area contributed by atoms with Crippen LogP contribution in [0.25, 0.3) is 0 Å². The van der Waals surface area contributed by atoms with Crippen LogP contribution in [0, 0.1) is 11.7 Å². The van der Waals surface area contributed by atoms with Gasteiger partial charge < -0.3 is 5.32 Å². The molecule has 1 aliphatic heterocycles. The van der Waals surface area contributed by atoms with Crippen LogP contribution in [0.15, 0.2) is 17.0 Å². The van der Waals surface area contributed by atoms with Crippen molar-refractivity contribution in [2.75, 3.05) is 18.4 Å². The van der Waals surface area contributed by atoms with Crippen molar-refractivity contribution in [3.63, 3.8) is 0 Å². The van der Waals surface area contributed by atoms with E-state index < -0.39 is 26.6 Å². The van der Waals surface area contributed by atoms with Gasteiger partial charge in [-0.2, -0.15) is 4.31 Å². The minimum absolute atomic E-state index is 0.0134. The van der Waals surface area contributed by atoms with Crippen molar-refractivity contribution < 1.29 is 17.6 Å². The fourth-order valence-electron chi connectivity index (χ4n) is 2.38. The summed E-state index contributed by atoms with van der Waals surface area (Å²) in [6, 6.07) is 1.98.